The zero-order valence-electron chi connectivity index (χ0n) is 15.1. The molecule has 2 aromatic rings. The van der Waals surface area contributed by atoms with Crippen LogP contribution in [-0.4, -0.2) is 34.7 Å². The molecule has 1 fully saturated rings. The first-order valence-corrected chi connectivity index (χ1v) is 9.15. The van der Waals surface area contributed by atoms with E-state index in [0.717, 1.165) is 18.0 Å². The van der Waals surface area contributed by atoms with Crippen molar-refractivity contribution in [1.29, 1.82) is 0 Å². The van der Waals surface area contributed by atoms with E-state index < -0.39 is 0 Å². The Morgan fingerprint density at radius 1 is 1.29 bits per heavy atom. The van der Waals surface area contributed by atoms with Gasteiger partial charge < -0.3 is 9.64 Å². The average molecular weight is 327 g/mol. The summed E-state index contributed by atoms with van der Waals surface area (Å²) in [6.45, 7) is 10.7. The average Bonchev–Trinajstić information content (AvgIpc) is 3.23. The van der Waals surface area contributed by atoms with E-state index in [9.17, 15) is 0 Å². The standard InChI is InChI=1S/C20H29N3O/c1-4-10-23-11-9-17(13-23)20-12-18(21-22-20)14-24-19-7-5-16(6-8-19)15(2)3/h5-8,12,15,17H,4,9-11,13-14H2,1-3H3,(H,21,22). The molecular weight excluding hydrogens is 298 g/mol. The second-order valence-electron chi connectivity index (χ2n) is 7.12. The SMILES string of the molecule is CCCN1CCC(c2cc(COc3ccc(C(C)C)cc3)[nH]n2)C1. The van der Waals surface area contributed by atoms with E-state index in [2.05, 4.69) is 54.1 Å². The lowest BCUT2D eigenvalue weighted by atomic mass is 10.0. The maximum absolute atomic E-state index is 5.88. The lowest BCUT2D eigenvalue weighted by Gasteiger charge is -2.13. The monoisotopic (exact) mass is 327 g/mol. The third-order valence-corrected chi connectivity index (χ3v) is 4.82. The quantitative estimate of drug-likeness (QED) is 0.824. The molecule has 4 nitrogen and oxygen atoms in total. The van der Waals surface area contributed by atoms with E-state index >= 15 is 0 Å². The van der Waals surface area contributed by atoms with Gasteiger partial charge in [-0.2, -0.15) is 5.10 Å². The molecular formula is C20H29N3O. The minimum absolute atomic E-state index is 0.541. The highest BCUT2D eigenvalue weighted by Crippen LogP contribution is 2.26. The normalized spacial score (nSPS) is 18.4. The number of nitrogens with one attached hydrogen (secondary N) is 1. The number of hydrogen-bond acceptors (Lipinski definition) is 3. The molecule has 3 rings (SSSR count). The minimum Gasteiger partial charge on any atom is -0.487 e. The van der Waals surface area contributed by atoms with Gasteiger partial charge in [0.05, 0.1) is 11.4 Å². The predicted octanol–water partition coefficient (Wildman–Crippen LogP) is 4.31. The van der Waals surface area contributed by atoms with E-state index in [4.69, 9.17) is 4.74 Å². The number of nitrogens with zero attached hydrogens (tertiary/aromatic N) is 2. The van der Waals surface area contributed by atoms with Crippen LogP contribution in [0.1, 0.15) is 62.4 Å². The first-order valence-electron chi connectivity index (χ1n) is 9.15. The Hall–Kier alpha value is -1.81. The van der Waals surface area contributed by atoms with Crippen molar-refractivity contribution in [1.82, 2.24) is 15.1 Å². The van der Waals surface area contributed by atoms with Crippen LogP contribution in [0, 0.1) is 0 Å². The number of H-pyrrole nitrogens is 1. The fourth-order valence-electron chi connectivity index (χ4n) is 3.37. The van der Waals surface area contributed by atoms with Crippen LogP contribution in [0.15, 0.2) is 30.3 Å². The molecule has 1 aliphatic rings. The molecule has 1 N–H and O–H groups in total. The molecule has 24 heavy (non-hydrogen) atoms. The minimum atomic E-state index is 0.541. The summed E-state index contributed by atoms with van der Waals surface area (Å²) >= 11 is 0. The van der Waals surface area contributed by atoms with Gasteiger partial charge in [0, 0.05) is 12.5 Å². The van der Waals surface area contributed by atoms with Crippen molar-refractivity contribution in [2.45, 2.75) is 52.1 Å². The zero-order chi connectivity index (χ0) is 16.9. The van der Waals surface area contributed by atoms with E-state index in [0.29, 0.717) is 18.4 Å². The number of ether oxygens (including phenoxy) is 1. The van der Waals surface area contributed by atoms with Gasteiger partial charge in [0.1, 0.15) is 12.4 Å². The summed E-state index contributed by atoms with van der Waals surface area (Å²) in [5.74, 6) is 2.02. The van der Waals surface area contributed by atoms with Gasteiger partial charge in [-0.25, -0.2) is 0 Å². The smallest absolute Gasteiger partial charge is 0.130 e. The van der Waals surface area contributed by atoms with E-state index in [1.165, 1.54) is 37.2 Å². The fraction of sp³-hybridized carbons (Fsp3) is 0.550. The second kappa shape index (κ2) is 7.84. The molecule has 1 aromatic carbocycles. The van der Waals surface area contributed by atoms with Gasteiger partial charge in [0.2, 0.25) is 0 Å². The lowest BCUT2D eigenvalue weighted by molar-refractivity contribution is 0.301. The van der Waals surface area contributed by atoms with Crippen LogP contribution in [0.5, 0.6) is 5.75 Å². The second-order valence-corrected chi connectivity index (χ2v) is 7.12. The molecule has 1 saturated heterocycles. The predicted molar refractivity (Wildman–Crippen MR) is 97.5 cm³/mol. The summed E-state index contributed by atoms with van der Waals surface area (Å²) in [5, 5.41) is 7.65. The highest BCUT2D eigenvalue weighted by atomic mass is 16.5. The molecule has 0 amide bonds. The Morgan fingerprint density at radius 2 is 2.08 bits per heavy atom. The number of benzene rings is 1. The first kappa shape index (κ1) is 17.0. The van der Waals surface area contributed by atoms with Gasteiger partial charge in [0.25, 0.3) is 0 Å². The van der Waals surface area contributed by atoms with Crippen molar-refractivity contribution in [3.8, 4) is 5.75 Å². The van der Waals surface area contributed by atoms with Crippen LogP contribution in [-0.2, 0) is 6.61 Å². The van der Waals surface area contributed by atoms with Crippen LogP contribution in [0.4, 0.5) is 0 Å². The lowest BCUT2D eigenvalue weighted by Crippen LogP contribution is -2.20. The first-order chi connectivity index (χ1) is 11.7. The molecule has 130 valence electrons. The number of aromatic nitrogens is 2. The van der Waals surface area contributed by atoms with Gasteiger partial charge in [-0.15, -0.1) is 0 Å². The van der Waals surface area contributed by atoms with Crippen molar-refractivity contribution >= 4 is 0 Å². The summed E-state index contributed by atoms with van der Waals surface area (Å²) in [4.78, 5) is 2.53. The summed E-state index contributed by atoms with van der Waals surface area (Å²) in [6, 6.07) is 10.5. The van der Waals surface area contributed by atoms with Gasteiger partial charge in [-0.3, -0.25) is 5.10 Å². The molecule has 0 bridgehead atoms. The number of likely N-dealkylation sites (tertiary alicyclic amines) is 1. The van der Waals surface area contributed by atoms with Crippen molar-refractivity contribution in [2.75, 3.05) is 19.6 Å². The third kappa shape index (κ3) is 4.18. The number of aromatic amines is 1. The summed E-state index contributed by atoms with van der Waals surface area (Å²) < 4.78 is 5.88. The highest BCUT2D eigenvalue weighted by molar-refractivity contribution is 5.29. The van der Waals surface area contributed by atoms with Crippen LogP contribution in [0.2, 0.25) is 0 Å². The topological polar surface area (TPSA) is 41.1 Å². The van der Waals surface area contributed by atoms with Crippen LogP contribution >= 0.6 is 0 Å². The zero-order valence-corrected chi connectivity index (χ0v) is 15.1. The Balaban J connectivity index is 1.53. The van der Waals surface area contributed by atoms with E-state index in [-0.39, 0.29) is 0 Å². The van der Waals surface area contributed by atoms with Gasteiger partial charge in [0.15, 0.2) is 0 Å². The summed E-state index contributed by atoms with van der Waals surface area (Å²) in [6.07, 6.45) is 2.43. The van der Waals surface area contributed by atoms with Crippen LogP contribution in [0.25, 0.3) is 0 Å². The molecule has 1 aliphatic heterocycles. The Morgan fingerprint density at radius 3 is 2.79 bits per heavy atom. The summed E-state index contributed by atoms with van der Waals surface area (Å²) in [5.41, 5.74) is 3.57. The van der Waals surface area contributed by atoms with Crippen molar-refractivity contribution in [3.63, 3.8) is 0 Å². The fourth-order valence-corrected chi connectivity index (χ4v) is 3.37. The molecule has 4 heteroatoms. The number of rotatable bonds is 7. The van der Waals surface area contributed by atoms with Crippen LogP contribution < -0.4 is 4.74 Å². The van der Waals surface area contributed by atoms with Crippen molar-refractivity contribution in [3.05, 3.63) is 47.3 Å². The molecule has 0 spiro atoms. The molecule has 1 aromatic heterocycles. The Bertz CT molecular complexity index is 633. The number of hydrogen-bond donors (Lipinski definition) is 1. The Labute approximate surface area is 145 Å². The third-order valence-electron chi connectivity index (χ3n) is 4.82. The largest absolute Gasteiger partial charge is 0.487 e. The van der Waals surface area contributed by atoms with Crippen molar-refractivity contribution < 1.29 is 4.74 Å². The molecule has 1 atom stereocenters. The molecule has 2 heterocycles. The van der Waals surface area contributed by atoms with Crippen molar-refractivity contribution in [2.24, 2.45) is 0 Å². The van der Waals surface area contributed by atoms with Crippen LogP contribution in [0.3, 0.4) is 0 Å². The highest BCUT2D eigenvalue weighted by Gasteiger charge is 2.25. The van der Waals surface area contributed by atoms with Gasteiger partial charge in [-0.05, 0) is 55.6 Å². The summed E-state index contributed by atoms with van der Waals surface area (Å²) in [7, 11) is 0. The maximum Gasteiger partial charge on any atom is 0.130 e. The maximum atomic E-state index is 5.88. The molecule has 1 unspecified atom stereocenters. The van der Waals surface area contributed by atoms with E-state index in [1.807, 2.05) is 12.1 Å². The molecule has 0 aliphatic carbocycles. The van der Waals surface area contributed by atoms with Gasteiger partial charge >= 0.3 is 0 Å². The van der Waals surface area contributed by atoms with E-state index in [1.54, 1.807) is 0 Å². The Kier molecular flexibility index (Phi) is 5.56. The molecule has 0 radical (unpaired) electrons. The molecule has 0 saturated carbocycles. The van der Waals surface area contributed by atoms with Gasteiger partial charge in [-0.1, -0.05) is 32.9 Å².